The van der Waals surface area contributed by atoms with Gasteiger partial charge in [-0.1, -0.05) is 0 Å². The number of nitrogens with one attached hydrogen (secondary N) is 1. The fourth-order valence-electron chi connectivity index (χ4n) is 2.47. The molecule has 94 valence electrons. The largest absolute Gasteiger partial charge is 0.377 e. The summed E-state index contributed by atoms with van der Waals surface area (Å²) in [5.41, 5.74) is 0. The number of ether oxygens (including phenoxy) is 1. The van der Waals surface area contributed by atoms with Gasteiger partial charge in [0.15, 0.2) is 0 Å². The van der Waals surface area contributed by atoms with E-state index in [-0.39, 0.29) is 0 Å². The van der Waals surface area contributed by atoms with Gasteiger partial charge in [-0.3, -0.25) is 0 Å². The first-order valence-electron chi connectivity index (χ1n) is 6.79. The number of hydrogen-bond donors (Lipinski definition) is 1. The first-order chi connectivity index (χ1) is 7.75. The van der Waals surface area contributed by atoms with E-state index < -0.39 is 0 Å². The molecular formula is C13H26N2O. The summed E-state index contributed by atoms with van der Waals surface area (Å²) in [5.74, 6) is 0.962. The monoisotopic (exact) mass is 226 g/mol. The van der Waals surface area contributed by atoms with Gasteiger partial charge in [0, 0.05) is 32.3 Å². The molecule has 0 aromatic carbocycles. The van der Waals surface area contributed by atoms with Crippen molar-refractivity contribution in [2.45, 2.75) is 44.8 Å². The highest BCUT2D eigenvalue weighted by molar-refractivity contribution is 4.83. The fraction of sp³-hybridized carbons (Fsp3) is 1.00. The van der Waals surface area contributed by atoms with E-state index in [1.54, 1.807) is 0 Å². The van der Waals surface area contributed by atoms with Gasteiger partial charge in [-0.25, -0.2) is 0 Å². The normalized spacial score (nSPS) is 27.6. The van der Waals surface area contributed by atoms with Crippen LogP contribution in [-0.4, -0.2) is 50.3 Å². The third-order valence-corrected chi connectivity index (χ3v) is 3.83. The number of rotatable bonds is 7. The van der Waals surface area contributed by atoms with E-state index in [4.69, 9.17) is 4.74 Å². The molecule has 0 aromatic rings. The first kappa shape index (κ1) is 12.3. The second-order valence-electron chi connectivity index (χ2n) is 5.48. The maximum atomic E-state index is 5.64. The van der Waals surface area contributed by atoms with E-state index in [0.29, 0.717) is 6.10 Å². The second-order valence-corrected chi connectivity index (χ2v) is 5.48. The Morgan fingerprint density at radius 1 is 1.38 bits per heavy atom. The minimum absolute atomic E-state index is 0.492. The van der Waals surface area contributed by atoms with Crippen molar-refractivity contribution in [3.8, 4) is 0 Å². The Labute approximate surface area is 99.5 Å². The van der Waals surface area contributed by atoms with Gasteiger partial charge in [0.05, 0.1) is 6.10 Å². The smallest absolute Gasteiger partial charge is 0.0702 e. The fourth-order valence-corrected chi connectivity index (χ4v) is 2.47. The van der Waals surface area contributed by atoms with Gasteiger partial charge in [-0.2, -0.15) is 0 Å². The zero-order valence-corrected chi connectivity index (χ0v) is 10.7. The van der Waals surface area contributed by atoms with Crippen LogP contribution in [0.1, 0.15) is 32.6 Å². The van der Waals surface area contributed by atoms with Gasteiger partial charge >= 0.3 is 0 Å². The molecule has 3 nitrogen and oxygen atoms in total. The maximum Gasteiger partial charge on any atom is 0.0702 e. The summed E-state index contributed by atoms with van der Waals surface area (Å²) in [5, 5.41) is 3.62. The third kappa shape index (κ3) is 4.04. The van der Waals surface area contributed by atoms with Crippen LogP contribution in [0.15, 0.2) is 0 Å². The van der Waals surface area contributed by atoms with Crippen molar-refractivity contribution in [2.75, 3.05) is 33.3 Å². The van der Waals surface area contributed by atoms with Crippen LogP contribution in [0.3, 0.4) is 0 Å². The van der Waals surface area contributed by atoms with Crippen molar-refractivity contribution < 1.29 is 4.74 Å². The third-order valence-electron chi connectivity index (χ3n) is 3.83. The minimum atomic E-state index is 0.492. The molecule has 1 saturated heterocycles. The van der Waals surface area contributed by atoms with Crippen molar-refractivity contribution in [1.29, 1.82) is 0 Å². The van der Waals surface area contributed by atoms with Gasteiger partial charge in [0.1, 0.15) is 0 Å². The molecule has 2 atom stereocenters. The molecule has 3 heteroatoms. The SMILES string of the molecule is CC(NCCN(C)CC1CCCO1)C1CC1. The highest BCUT2D eigenvalue weighted by Crippen LogP contribution is 2.32. The Balaban J connectivity index is 1.50. The molecule has 2 rings (SSSR count). The molecule has 0 spiro atoms. The number of likely N-dealkylation sites (N-methyl/N-ethyl adjacent to an activating group) is 1. The molecular weight excluding hydrogens is 200 g/mol. The molecule has 2 unspecified atom stereocenters. The van der Waals surface area contributed by atoms with Gasteiger partial charge < -0.3 is 15.0 Å². The Hall–Kier alpha value is -0.120. The lowest BCUT2D eigenvalue weighted by Crippen LogP contribution is -2.38. The van der Waals surface area contributed by atoms with Crippen LogP contribution in [0.5, 0.6) is 0 Å². The molecule has 0 amide bonds. The summed E-state index contributed by atoms with van der Waals surface area (Å²) in [6.45, 7) is 6.63. The lowest BCUT2D eigenvalue weighted by Gasteiger charge is -2.21. The predicted molar refractivity (Wildman–Crippen MR) is 66.7 cm³/mol. The summed E-state index contributed by atoms with van der Waals surface area (Å²) in [7, 11) is 2.20. The second kappa shape index (κ2) is 5.99. The van der Waals surface area contributed by atoms with E-state index in [9.17, 15) is 0 Å². The van der Waals surface area contributed by atoms with Crippen LogP contribution in [-0.2, 0) is 4.74 Å². The van der Waals surface area contributed by atoms with Crippen molar-refractivity contribution in [3.05, 3.63) is 0 Å². The molecule has 2 aliphatic rings. The molecule has 1 heterocycles. The van der Waals surface area contributed by atoms with Gasteiger partial charge in [0.25, 0.3) is 0 Å². The van der Waals surface area contributed by atoms with Crippen molar-refractivity contribution in [3.63, 3.8) is 0 Å². The average Bonchev–Trinajstić information content (AvgIpc) is 2.99. The van der Waals surface area contributed by atoms with Crippen molar-refractivity contribution in [2.24, 2.45) is 5.92 Å². The number of nitrogens with zero attached hydrogens (tertiary/aromatic N) is 1. The topological polar surface area (TPSA) is 24.5 Å². The Kier molecular flexibility index (Phi) is 4.62. The molecule has 1 N–H and O–H groups in total. The lowest BCUT2D eigenvalue weighted by atomic mass is 10.2. The molecule has 16 heavy (non-hydrogen) atoms. The summed E-state index contributed by atoms with van der Waals surface area (Å²) in [4.78, 5) is 2.39. The van der Waals surface area contributed by atoms with Crippen LogP contribution in [0.25, 0.3) is 0 Å². The first-order valence-corrected chi connectivity index (χ1v) is 6.79. The Morgan fingerprint density at radius 2 is 2.19 bits per heavy atom. The number of hydrogen-bond acceptors (Lipinski definition) is 3. The molecule has 2 fully saturated rings. The van der Waals surface area contributed by atoms with Gasteiger partial charge in [-0.05, 0) is 45.6 Å². The van der Waals surface area contributed by atoms with E-state index in [2.05, 4.69) is 24.2 Å². The highest BCUT2D eigenvalue weighted by atomic mass is 16.5. The van der Waals surface area contributed by atoms with Gasteiger partial charge in [0.2, 0.25) is 0 Å². The predicted octanol–water partition coefficient (Wildman–Crippen LogP) is 1.49. The van der Waals surface area contributed by atoms with Crippen LogP contribution in [0.4, 0.5) is 0 Å². The van der Waals surface area contributed by atoms with Crippen LogP contribution in [0.2, 0.25) is 0 Å². The summed E-state index contributed by atoms with van der Waals surface area (Å²) in [6, 6.07) is 0.719. The molecule has 0 radical (unpaired) electrons. The molecule has 0 aromatic heterocycles. The standard InChI is InChI=1S/C13H26N2O/c1-11(12-5-6-12)14-7-8-15(2)10-13-4-3-9-16-13/h11-14H,3-10H2,1-2H3. The zero-order valence-electron chi connectivity index (χ0n) is 10.7. The summed E-state index contributed by atoms with van der Waals surface area (Å²) >= 11 is 0. The summed E-state index contributed by atoms with van der Waals surface area (Å²) < 4.78 is 5.64. The minimum Gasteiger partial charge on any atom is -0.377 e. The Bertz CT molecular complexity index is 200. The van der Waals surface area contributed by atoms with E-state index in [1.807, 2.05) is 0 Å². The molecule has 0 bridgehead atoms. The van der Waals surface area contributed by atoms with E-state index >= 15 is 0 Å². The lowest BCUT2D eigenvalue weighted by molar-refractivity contribution is 0.0813. The van der Waals surface area contributed by atoms with Crippen LogP contribution >= 0.6 is 0 Å². The van der Waals surface area contributed by atoms with Crippen molar-refractivity contribution in [1.82, 2.24) is 10.2 Å². The summed E-state index contributed by atoms with van der Waals surface area (Å²) in [6.07, 6.45) is 5.84. The maximum absolute atomic E-state index is 5.64. The molecule has 1 saturated carbocycles. The Morgan fingerprint density at radius 3 is 2.81 bits per heavy atom. The highest BCUT2D eigenvalue weighted by Gasteiger charge is 2.27. The van der Waals surface area contributed by atoms with Crippen molar-refractivity contribution >= 4 is 0 Å². The van der Waals surface area contributed by atoms with E-state index in [0.717, 1.165) is 38.2 Å². The van der Waals surface area contributed by atoms with Crippen LogP contribution in [0, 0.1) is 5.92 Å². The van der Waals surface area contributed by atoms with Gasteiger partial charge in [-0.15, -0.1) is 0 Å². The van der Waals surface area contributed by atoms with Crippen LogP contribution < -0.4 is 5.32 Å². The average molecular weight is 226 g/mol. The van der Waals surface area contributed by atoms with E-state index in [1.165, 1.54) is 25.7 Å². The zero-order chi connectivity index (χ0) is 11.4. The molecule has 1 aliphatic carbocycles. The quantitative estimate of drug-likeness (QED) is 0.712. The molecule has 1 aliphatic heterocycles.